The summed E-state index contributed by atoms with van der Waals surface area (Å²) in [5.74, 6) is 4.21. The maximum atomic E-state index is 5.37. The predicted octanol–water partition coefficient (Wildman–Crippen LogP) is 2.60. The van der Waals surface area contributed by atoms with Crippen LogP contribution in [0.1, 0.15) is 24.8 Å². The monoisotopic (exact) mass is 247 g/mol. The molecule has 0 radical (unpaired) electrons. The van der Waals surface area contributed by atoms with Crippen LogP contribution in [0, 0.1) is 12.3 Å². The smallest absolute Gasteiger partial charge is 0.165 e. The second-order valence-corrected chi connectivity index (χ2v) is 3.99. The zero-order valence-corrected chi connectivity index (χ0v) is 11.2. The third-order valence-corrected chi connectivity index (χ3v) is 2.72. The summed E-state index contributed by atoms with van der Waals surface area (Å²) in [6.45, 7) is 1.73. The van der Waals surface area contributed by atoms with Gasteiger partial charge in [0, 0.05) is 18.5 Å². The number of terminal acetylenes is 1. The molecule has 0 unspecified atom stereocenters. The van der Waals surface area contributed by atoms with Crippen LogP contribution in [0.4, 0.5) is 0 Å². The molecule has 0 atom stereocenters. The van der Waals surface area contributed by atoms with Gasteiger partial charge in [-0.15, -0.1) is 12.3 Å². The Morgan fingerprint density at radius 2 is 2.06 bits per heavy atom. The first-order valence-electron chi connectivity index (χ1n) is 6.17. The van der Waals surface area contributed by atoms with Crippen molar-refractivity contribution in [2.45, 2.75) is 25.8 Å². The summed E-state index contributed by atoms with van der Waals surface area (Å²) < 4.78 is 10.6. The molecule has 1 rings (SSSR count). The second kappa shape index (κ2) is 8.43. The summed E-state index contributed by atoms with van der Waals surface area (Å²) >= 11 is 0. The topological polar surface area (TPSA) is 30.5 Å². The van der Waals surface area contributed by atoms with Crippen LogP contribution in [0.25, 0.3) is 0 Å². The van der Waals surface area contributed by atoms with Gasteiger partial charge in [-0.2, -0.15) is 0 Å². The molecule has 1 aromatic rings. The lowest BCUT2D eigenvalue weighted by Gasteiger charge is -2.13. The zero-order valence-electron chi connectivity index (χ0n) is 11.2. The molecule has 0 amide bonds. The maximum absolute atomic E-state index is 5.37. The normalized spacial score (nSPS) is 9.83. The van der Waals surface area contributed by atoms with E-state index in [2.05, 4.69) is 11.2 Å². The number of benzene rings is 1. The van der Waals surface area contributed by atoms with Gasteiger partial charge in [0.15, 0.2) is 11.5 Å². The van der Waals surface area contributed by atoms with Crippen molar-refractivity contribution < 1.29 is 9.47 Å². The van der Waals surface area contributed by atoms with Crippen LogP contribution in [0.5, 0.6) is 11.5 Å². The molecule has 0 saturated heterocycles. The van der Waals surface area contributed by atoms with Crippen molar-refractivity contribution in [2.75, 3.05) is 20.8 Å². The van der Waals surface area contributed by atoms with Crippen molar-refractivity contribution in [3.8, 4) is 23.8 Å². The summed E-state index contributed by atoms with van der Waals surface area (Å²) in [7, 11) is 3.31. The highest BCUT2D eigenvalue weighted by Crippen LogP contribution is 2.30. The average molecular weight is 247 g/mol. The van der Waals surface area contributed by atoms with Gasteiger partial charge in [-0.3, -0.25) is 0 Å². The summed E-state index contributed by atoms with van der Waals surface area (Å²) in [4.78, 5) is 0. The molecule has 0 aromatic heterocycles. The van der Waals surface area contributed by atoms with Crippen LogP contribution < -0.4 is 14.8 Å². The minimum absolute atomic E-state index is 0.768. The average Bonchev–Trinajstić information content (AvgIpc) is 2.42. The Bertz CT molecular complexity index is 396. The van der Waals surface area contributed by atoms with E-state index in [-0.39, 0.29) is 0 Å². The van der Waals surface area contributed by atoms with Gasteiger partial charge >= 0.3 is 0 Å². The fraction of sp³-hybridized carbons (Fsp3) is 0.467. The van der Waals surface area contributed by atoms with E-state index >= 15 is 0 Å². The van der Waals surface area contributed by atoms with Crippen molar-refractivity contribution in [3.05, 3.63) is 23.8 Å². The largest absolute Gasteiger partial charge is 0.493 e. The zero-order chi connectivity index (χ0) is 13.2. The first-order valence-corrected chi connectivity index (χ1v) is 6.17. The molecule has 0 spiro atoms. The van der Waals surface area contributed by atoms with E-state index in [9.17, 15) is 0 Å². The second-order valence-electron chi connectivity index (χ2n) is 3.99. The van der Waals surface area contributed by atoms with Crippen LogP contribution in [0.3, 0.4) is 0 Å². The summed E-state index contributed by atoms with van der Waals surface area (Å²) in [6.07, 6.45) is 8.22. The maximum Gasteiger partial charge on any atom is 0.165 e. The van der Waals surface area contributed by atoms with Gasteiger partial charge in [0.05, 0.1) is 14.2 Å². The van der Waals surface area contributed by atoms with Crippen molar-refractivity contribution in [2.24, 2.45) is 0 Å². The highest BCUT2D eigenvalue weighted by Gasteiger charge is 2.08. The quantitative estimate of drug-likeness (QED) is 0.566. The van der Waals surface area contributed by atoms with Gasteiger partial charge in [-0.1, -0.05) is 12.1 Å². The number of hydrogen-bond acceptors (Lipinski definition) is 3. The Hall–Kier alpha value is -1.66. The Morgan fingerprint density at radius 1 is 1.22 bits per heavy atom. The Morgan fingerprint density at radius 3 is 2.72 bits per heavy atom. The van der Waals surface area contributed by atoms with E-state index in [1.165, 1.54) is 0 Å². The number of unbranched alkanes of at least 4 members (excludes halogenated alkanes) is 2. The Balaban J connectivity index is 2.44. The third-order valence-electron chi connectivity index (χ3n) is 2.72. The van der Waals surface area contributed by atoms with Crippen molar-refractivity contribution in [3.63, 3.8) is 0 Å². The van der Waals surface area contributed by atoms with Crippen molar-refractivity contribution in [1.82, 2.24) is 5.32 Å². The summed E-state index contributed by atoms with van der Waals surface area (Å²) in [5, 5.41) is 3.38. The Kier molecular flexibility index (Phi) is 6.75. The standard InChI is InChI=1S/C15H21NO2/c1-4-5-6-7-11-16-12-13-9-8-10-14(17-2)15(13)18-3/h1,8-10,16H,5-7,11-12H2,2-3H3. The molecule has 98 valence electrons. The van der Waals surface area contributed by atoms with E-state index in [0.717, 1.165) is 49.4 Å². The number of ether oxygens (including phenoxy) is 2. The van der Waals surface area contributed by atoms with Crippen LogP contribution in [0.15, 0.2) is 18.2 Å². The van der Waals surface area contributed by atoms with E-state index in [0.29, 0.717) is 0 Å². The number of rotatable bonds is 8. The SMILES string of the molecule is C#CCCCCNCc1cccc(OC)c1OC. The predicted molar refractivity (Wildman–Crippen MR) is 73.9 cm³/mol. The van der Waals surface area contributed by atoms with Gasteiger partial charge in [-0.05, 0) is 25.5 Å². The molecule has 3 nitrogen and oxygen atoms in total. The molecule has 0 aliphatic carbocycles. The Labute approximate surface area is 109 Å². The molecule has 0 saturated carbocycles. The number of para-hydroxylation sites is 1. The fourth-order valence-electron chi connectivity index (χ4n) is 1.79. The van der Waals surface area contributed by atoms with Gasteiger partial charge < -0.3 is 14.8 Å². The number of hydrogen-bond donors (Lipinski definition) is 1. The van der Waals surface area contributed by atoms with E-state index in [1.54, 1.807) is 14.2 Å². The van der Waals surface area contributed by atoms with E-state index in [4.69, 9.17) is 15.9 Å². The van der Waals surface area contributed by atoms with Crippen LogP contribution in [-0.4, -0.2) is 20.8 Å². The highest BCUT2D eigenvalue weighted by atomic mass is 16.5. The van der Waals surface area contributed by atoms with Crippen molar-refractivity contribution >= 4 is 0 Å². The molecule has 0 bridgehead atoms. The van der Waals surface area contributed by atoms with Gasteiger partial charge in [0.2, 0.25) is 0 Å². The first-order chi connectivity index (χ1) is 8.83. The van der Waals surface area contributed by atoms with Gasteiger partial charge in [0.25, 0.3) is 0 Å². The van der Waals surface area contributed by atoms with Crippen LogP contribution >= 0.6 is 0 Å². The minimum Gasteiger partial charge on any atom is -0.493 e. The molecule has 0 heterocycles. The minimum atomic E-state index is 0.768. The molecule has 0 aliphatic rings. The lowest BCUT2D eigenvalue weighted by atomic mass is 10.1. The molecule has 0 aliphatic heterocycles. The van der Waals surface area contributed by atoms with E-state index in [1.807, 2.05) is 18.2 Å². The van der Waals surface area contributed by atoms with Crippen LogP contribution in [-0.2, 0) is 6.54 Å². The van der Waals surface area contributed by atoms with Crippen LogP contribution in [0.2, 0.25) is 0 Å². The number of nitrogens with one attached hydrogen (secondary N) is 1. The molecule has 1 aromatic carbocycles. The summed E-state index contributed by atoms with van der Waals surface area (Å²) in [5.41, 5.74) is 1.11. The lowest BCUT2D eigenvalue weighted by Crippen LogP contribution is -2.15. The molecular weight excluding hydrogens is 226 g/mol. The van der Waals surface area contributed by atoms with Crippen molar-refractivity contribution in [1.29, 1.82) is 0 Å². The highest BCUT2D eigenvalue weighted by molar-refractivity contribution is 5.46. The van der Waals surface area contributed by atoms with Gasteiger partial charge in [-0.25, -0.2) is 0 Å². The molecule has 18 heavy (non-hydrogen) atoms. The lowest BCUT2D eigenvalue weighted by molar-refractivity contribution is 0.350. The summed E-state index contributed by atoms with van der Waals surface area (Å²) in [6, 6.07) is 5.90. The number of methoxy groups -OCH3 is 2. The first kappa shape index (κ1) is 14.4. The fourth-order valence-corrected chi connectivity index (χ4v) is 1.79. The molecular formula is C15H21NO2. The molecule has 0 fully saturated rings. The molecule has 3 heteroatoms. The van der Waals surface area contributed by atoms with Gasteiger partial charge in [0.1, 0.15) is 0 Å². The third kappa shape index (κ3) is 4.31. The van der Waals surface area contributed by atoms with E-state index < -0.39 is 0 Å². The molecule has 1 N–H and O–H groups in total.